The molecule has 1 aliphatic heterocycles. The molecule has 0 saturated carbocycles. The lowest BCUT2D eigenvalue weighted by Gasteiger charge is -2.20. The van der Waals surface area contributed by atoms with Crippen molar-refractivity contribution >= 4 is 29.1 Å². The van der Waals surface area contributed by atoms with E-state index in [1.165, 1.54) is 28.7 Å². The third-order valence-electron chi connectivity index (χ3n) is 5.57. The quantitative estimate of drug-likeness (QED) is 0.220. The molecule has 0 bridgehead atoms. The zero-order chi connectivity index (χ0) is 22.4. The van der Waals surface area contributed by atoms with Crippen LogP contribution in [0.1, 0.15) is 52.5 Å². The first-order valence-corrected chi connectivity index (χ1v) is 10.9. The minimum Gasteiger partial charge on any atom is -0.303 e. The van der Waals surface area contributed by atoms with Crippen molar-refractivity contribution in [2.75, 3.05) is 26.2 Å². The first-order valence-electron chi connectivity index (χ1n) is 10.5. The Balaban J connectivity index is 1.42. The van der Waals surface area contributed by atoms with Gasteiger partial charge in [-0.3, -0.25) is 24.6 Å². The summed E-state index contributed by atoms with van der Waals surface area (Å²) in [7, 11) is 0. The highest BCUT2D eigenvalue weighted by atomic mass is 35.5. The number of imide groups is 1. The maximum absolute atomic E-state index is 12.5. The fourth-order valence-electron chi connectivity index (χ4n) is 3.79. The standard InChI is InChI=1S/C23H26ClN3O4/c1-2-25(14-11-17-7-6-8-18(24)15-17)12-4-3-5-13-26-22(28)20-10-9-19(27(30)31)16-21(20)23(26)29/h6-10,15-16H,2-5,11-14H2,1H3. The van der Waals surface area contributed by atoms with Crippen molar-refractivity contribution in [3.63, 3.8) is 0 Å². The van der Waals surface area contributed by atoms with Gasteiger partial charge in [0.05, 0.1) is 16.1 Å². The second-order valence-electron chi connectivity index (χ2n) is 7.62. The predicted octanol–water partition coefficient (Wildman–Crippen LogP) is 4.58. The number of non-ortho nitro benzene ring substituents is 1. The van der Waals surface area contributed by atoms with E-state index in [4.69, 9.17) is 11.6 Å². The summed E-state index contributed by atoms with van der Waals surface area (Å²) in [5.74, 6) is -0.813. The largest absolute Gasteiger partial charge is 0.303 e. The molecule has 2 amide bonds. The van der Waals surface area contributed by atoms with Crippen molar-refractivity contribution in [3.05, 3.63) is 74.3 Å². The van der Waals surface area contributed by atoms with Crippen LogP contribution < -0.4 is 0 Å². The highest BCUT2D eigenvalue weighted by Gasteiger charge is 2.36. The molecule has 164 valence electrons. The number of nitro benzene ring substituents is 1. The van der Waals surface area contributed by atoms with Gasteiger partial charge in [0.1, 0.15) is 0 Å². The first kappa shape index (κ1) is 22.9. The summed E-state index contributed by atoms with van der Waals surface area (Å²) < 4.78 is 0. The number of amides is 2. The van der Waals surface area contributed by atoms with Gasteiger partial charge in [-0.05, 0) is 56.1 Å². The molecule has 1 aliphatic rings. The second-order valence-corrected chi connectivity index (χ2v) is 8.06. The number of nitrogens with zero attached hydrogens (tertiary/aromatic N) is 3. The molecule has 1 heterocycles. The molecule has 0 spiro atoms. The molecule has 0 atom stereocenters. The molecule has 0 N–H and O–H groups in total. The molecular weight excluding hydrogens is 418 g/mol. The number of halogens is 1. The van der Waals surface area contributed by atoms with E-state index in [1.54, 1.807) is 0 Å². The van der Waals surface area contributed by atoms with Crippen molar-refractivity contribution in [3.8, 4) is 0 Å². The number of nitro groups is 1. The SMILES string of the molecule is CCN(CCCCCN1C(=O)c2ccc([N+](=O)[O-])cc2C1=O)CCc1cccc(Cl)c1. The molecule has 0 aliphatic carbocycles. The van der Waals surface area contributed by atoms with Crippen molar-refractivity contribution < 1.29 is 14.5 Å². The summed E-state index contributed by atoms with van der Waals surface area (Å²) in [5, 5.41) is 11.7. The summed E-state index contributed by atoms with van der Waals surface area (Å²) in [6, 6.07) is 11.7. The van der Waals surface area contributed by atoms with Crippen LogP contribution in [-0.2, 0) is 6.42 Å². The summed E-state index contributed by atoms with van der Waals surface area (Å²) in [4.78, 5) is 38.9. The van der Waals surface area contributed by atoms with Gasteiger partial charge in [0, 0.05) is 30.2 Å². The van der Waals surface area contributed by atoms with Crippen LogP contribution in [0.2, 0.25) is 5.02 Å². The lowest BCUT2D eigenvalue weighted by atomic mass is 10.1. The van der Waals surface area contributed by atoms with Crippen LogP contribution in [0.4, 0.5) is 5.69 Å². The van der Waals surface area contributed by atoms with E-state index < -0.39 is 10.8 Å². The van der Waals surface area contributed by atoms with E-state index in [0.29, 0.717) is 13.0 Å². The molecule has 0 unspecified atom stereocenters. The number of carbonyl (C=O) groups is 2. The Labute approximate surface area is 186 Å². The summed E-state index contributed by atoms with van der Waals surface area (Å²) in [6.07, 6.45) is 3.51. The van der Waals surface area contributed by atoms with Crippen LogP contribution in [0, 0.1) is 10.1 Å². The van der Waals surface area contributed by atoms with Gasteiger partial charge in [-0.15, -0.1) is 0 Å². The summed E-state index contributed by atoms with van der Waals surface area (Å²) in [5.41, 5.74) is 1.40. The lowest BCUT2D eigenvalue weighted by Crippen LogP contribution is -2.31. The molecule has 0 radical (unpaired) electrons. The van der Waals surface area contributed by atoms with Gasteiger partial charge in [0.15, 0.2) is 0 Å². The highest BCUT2D eigenvalue weighted by molar-refractivity contribution is 6.30. The lowest BCUT2D eigenvalue weighted by molar-refractivity contribution is -0.384. The zero-order valence-electron chi connectivity index (χ0n) is 17.6. The Morgan fingerprint density at radius 3 is 2.48 bits per heavy atom. The smallest absolute Gasteiger partial charge is 0.270 e. The molecule has 8 heteroatoms. The second kappa shape index (κ2) is 10.5. The Hall–Kier alpha value is -2.77. The van der Waals surface area contributed by atoms with E-state index in [2.05, 4.69) is 17.9 Å². The van der Waals surface area contributed by atoms with Crippen LogP contribution in [0.5, 0.6) is 0 Å². The third kappa shape index (κ3) is 5.68. The Morgan fingerprint density at radius 2 is 1.77 bits per heavy atom. The van der Waals surface area contributed by atoms with Gasteiger partial charge in [0.2, 0.25) is 0 Å². The molecular formula is C23H26ClN3O4. The monoisotopic (exact) mass is 443 g/mol. The molecule has 2 aromatic rings. The van der Waals surface area contributed by atoms with Crippen molar-refractivity contribution in [1.29, 1.82) is 0 Å². The topological polar surface area (TPSA) is 83.8 Å². The highest BCUT2D eigenvalue weighted by Crippen LogP contribution is 2.27. The summed E-state index contributed by atoms with van der Waals surface area (Å²) in [6.45, 7) is 5.32. The number of likely N-dealkylation sites (N-methyl/N-ethyl adjacent to an activating group) is 1. The number of rotatable bonds is 11. The van der Waals surface area contributed by atoms with Crippen LogP contribution in [0.3, 0.4) is 0 Å². The van der Waals surface area contributed by atoms with Gasteiger partial charge in [-0.1, -0.05) is 37.1 Å². The number of hydrogen-bond donors (Lipinski definition) is 0. The van der Waals surface area contributed by atoms with E-state index in [-0.39, 0.29) is 22.7 Å². The molecule has 0 fully saturated rings. The average molecular weight is 444 g/mol. The molecule has 7 nitrogen and oxygen atoms in total. The minimum absolute atomic E-state index is 0.123. The molecule has 2 aromatic carbocycles. The van der Waals surface area contributed by atoms with Crippen LogP contribution >= 0.6 is 11.6 Å². The van der Waals surface area contributed by atoms with Gasteiger partial charge in [-0.25, -0.2) is 0 Å². The van der Waals surface area contributed by atoms with Gasteiger partial charge >= 0.3 is 0 Å². The molecule has 3 rings (SSSR count). The van der Waals surface area contributed by atoms with Crippen molar-refractivity contribution in [2.24, 2.45) is 0 Å². The van der Waals surface area contributed by atoms with Crippen LogP contribution in [-0.4, -0.2) is 52.7 Å². The number of fused-ring (bicyclic) bond motifs is 1. The van der Waals surface area contributed by atoms with Gasteiger partial charge in [-0.2, -0.15) is 0 Å². The van der Waals surface area contributed by atoms with E-state index in [1.807, 2.05) is 18.2 Å². The summed E-state index contributed by atoms with van der Waals surface area (Å²) >= 11 is 6.04. The maximum Gasteiger partial charge on any atom is 0.270 e. The Morgan fingerprint density at radius 1 is 1.00 bits per heavy atom. The van der Waals surface area contributed by atoms with Crippen molar-refractivity contribution in [1.82, 2.24) is 9.80 Å². The van der Waals surface area contributed by atoms with Gasteiger partial charge in [0.25, 0.3) is 17.5 Å². The van der Waals surface area contributed by atoms with Gasteiger partial charge < -0.3 is 4.90 Å². The first-order chi connectivity index (χ1) is 14.9. The third-order valence-corrected chi connectivity index (χ3v) is 5.81. The van der Waals surface area contributed by atoms with E-state index >= 15 is 0 Å². The van der Waals surface area contributed by atoms with Crippen LogP contribution in [0.25, 0.3) is 0 Å². The normalized spacial score (nSPS) is 13.2. The van der Waals surface area contributed by atoms with Crippen molar-refractivity contribution in [2.45, 2.75) is 32.6 Å². The predicted molar refractivity (Wildman–Crippen MR) is 120 cm³/mol. The maximum atomic E-state index is 12.5. The number of hydrogen-bond acceptors (Lipinski definition) is 5. The van der Waals surface area contributed by atoms with E-state index in [9.17, 15) is 19.7 Å². The fraction of sp³-hybridized carbons (Fsp3) is 0.391. The van der Waals surface area contributed by atoms with E-state index in [0.717, 1.165) is 43.9 Å². The Kier molecular flexibility index (Phi) is 7.76. The Bertz CT molecular complexity index is 979. The fourth-order valence-corrected chi connectivity index (χ4v) is 4.00. The number of carbonyl (C=O) groups excluding carboxylic acids is 2. The average Bonchev–Trinajstić information content (AvgIpc) is 2.99. The number of unbranched alkanes of at least 4 members (excludes halogenated alkanes) is 2. The minimum atomic E-state index is -0.563. The zero-order valence-corrected chi connectivity index (χ0v) is 18.3. The van der Waals surface area contributed by atoms with Crippen LogP contribution in [0.15, 0.2) is 42.5 Å². The molecule has 31 heavy (non-hydrogen) atoms. The molecule has 0 aromatic heterocycles. The molecule has 0 saturated heterocycles. The number of benzene rings is 2.